The van der Waals surface area contributed by atoms with Crippen LogP contribution in [-0.2, 0) is 29.2 Å². The number of alkyl halides is 2. The highest BCUT2D eigenvalue weighted by molar-refractivity contribution is 7.86. The zero-order chi connectivity index (χ0) is 16.0. The van der Waals surface area contributed by atoms with Gasteiger partial charge in [-0.2, -0.15) is 17.2 Å². The van der Waals surface area contributed by atoms with Crippen LogP contribution in [-0.4, -0.2) is 54.1 Å². The number of esters is 1. The van der Waals surface area contributed by atoms with E-state index in [1.807, 2.05) is 0 Å². The number of carboxylic acid groups (broad SMARTS) is 1. The summed E-state index contributed by atoms with van der Waals surface area (Å²) < 4.78 is 64.4. The summed E-state index contributed by atoms with van der Waals surface area (Å²) in [6.07, 6.45) is -0.606. The molecule has 2 rings (SSSR count). The molecule has 2 bridgehead atoms. The first kappa shape index (κ1) is 16.0. The first-order chi connectivity index (χ1) is 9.54. The Hall–Kier alpha value is -1.33. The lowest BCUT2D eigenvalue weighted by molar-refractivity contribution is -0.162. The van der Waals surface area contributed by atoms with Crippen molar-refractivity contribution in [3.05, 3.63) is 0 Å². The SMILES string of the molecule is O=C(O)C1C2CCC(O2)C1C(=O)OCC(F)(F)S(=O)(=O)O. The molecule has 4 unspecified atom stereocenters. The van der Waals surface area contributed by atoms with Crippen molar-refractivity contribution in [3.63, 3.8) is 0 Å². The molecule has 0 aromatic carbocycles. The number of carbonyl (C=O) groups excluding carboxylic acids is 1. The number of ether oxygens (including phenoxy) is 2. The number of hydrogen-bond acceptors (Lipinski definition) is 6. The van der Waals surface area contributed by atoms with E-state index in [0.717, 1.165) is 0 Å². The third-order valence-electron chi connectivity index (χ3n) is 3.59. The second-order valence-corrected chi connectivity index (χ2v) is 6.45. The van der Waals surface area contributed by atoms with E-state index in [9.17, 15) is 26.8 Å². The van der Waals surface area contributed by atoms with Crippen molar-refractivity contribution in [1.29, 1.82) is 0 Å². The molecule has 2 N–H and O–H groups in total. The molecule has 0 aromatic heterocycles. The van der Waals surface area contributed by atoms with Gasteiger partial charge in [-0.15, -0.1) is 0 Å². The molecular weight excluding hydrogens is 318 g/mol. The van der Waals surface area contributed by atoms with Gasteiger partial charge in [0, 0.05) is 0 Å². The quantitative estimate of drug-likeness (QED) is 0.528. The van der Waals surface area contributed by atoms with Crippen LogP contribution in [0.1, 0.15) is 12.8 Å². The molecule has 0 spiro atoms. The first-order valence-electron chi connectivity index (χ1n) is 5.94. The van der Waals surface area contributed by atoms with Crippen molar-refractivity contribution >= 4 is 22.1 Å². The van der Waals surface area contributed by atoms with Crippen LogP contribution in [0.5, 0.6) is 0 Å². The van der Waals surface area contributed by atoms with Crippen molar-refractivity contribution in [2.75, 3.05) is 6.61 Å². The molecule has 120 valence electrons. The topological polar surface area (TPSA) is 127 Å². The third kappa shape index (κ3) is 2.85. The van der Waals surface area contributed by atoms with Gasteiger partial charge >= 0.3 is 27.3 Å². The van der Waals surface area contributed by atoms with E-state index < -0.39 is 58.0 Å². The lowest BCUT2D eigenvalue weighted by Crippen LogP contribution is -2.41. The standard InChI is InChI=1S/C10H12F2O8S/c11-10(12,21(16,17)18)3-19-9(15)7-5-2-1-4(20-5)6(7)8(13)14/h4-7H,1-3H2,(H,13,14)(H,16,17,18). The normalized spacial score (nSPS) is 32.1. The fourth-order valence-corrected chi connectivity index (χ4v) is 2.82. The molecule has 2 heterocycles. The van der Waals surface area contributed by atoms with Crippen LogP contribution in [0.3, 0.4) is 0 Å². The molecule has 0 aromatic rings. The van der Waals surface area contributed by atoms with Gasteiger partial charge in [0.2, 0.25) is 0 Å². The van der Waals surface area contributed by atoms with E-state index in [1.165, 1.54) is 0 Å². The lowest BCUT2D eigenvalue weighted by atomic mass is 9.79. The number of fused-ring (bicyclic) bond motifs is 2. The van der Waals surface area contributed by atoms with Crippen molar-refractivity contribution in [2.24, 2.45) is 11.8 Å². The predicted octanol–water partition coefficient (Wildman–Crippen LogP) is -0.112. The average molecular weight is 330 g/mol. The van der Waals surface area contributed by atoms with Gasteiger partial charge in [0.05, 0.1) is 24.0 Å². The molecule has 4 atom stereocenters. The van der Waals surface area contributed by atoms with Crippen LogP contribution >= 0.6 is 0 Å². The maximum absolute atomic E-state index is 13.0. The summed E-state index contributed by atoms with van der Waals surface area (Å²) in [4.78, 5) is 22.8. The molecule has 0 radical (unpaired) electrons. The first-order valence-corrected chi connectivity index (χ1v) is 7.38. The Labute approximate surface area is 117 Å². The van der Waals surface area contributed by atoms with Gasteiger partial charge in [-0.05, 0) is 12.8 Å². The van der Waals surface area contributed by atoms with Gasteiger partial charge in [0.1, 0.15) is 0 Å². The molecule has 21 heavy (non-hydrogen) atoms. The lowest BCUT2D eigenvalue weighted by Gasteiger charge is -2.23. The number of hydrogen-bond donors (Lipinski definition) is 2. The van der Waals surface area contributed by atoms with Gasteiger partial charge in [-0.3, -0.25) is 14.1 Å². The van der Waals surface area contributed by atoms with Crippen molar-refractivity contribution in [2.45, 2.75) is 30.3 Å². The van der Waals surface area contributed by atoms with Gasteiger partial charge in [-0.1, -0.05) is 0 Å². The predicted molar refractivity (Wildman–Crippen MR) is 60.0 cm³/mol. The van der Waals surface area contributed by atoms with Crippen molar-refractivity contribution in [3.8, 4) is 0 Å². The van der Waals surface area contributed by atoms with E-state index in [1.54, 1.807) is 0 Å². The highest BCUT2D eigenvalue weighted by Gasteiger charge is 2.57. The molecular formula is C10H12F2O8S. The zero-order valence-corrected chi connectivity index (χ0v) is 11.3. The van der Waals surface area contributed by atoms with Crippen LogP contribution in [0, 0.1) is 11.8 Å². The van der Waals surface area contributed by atoms with Crippen molar-refractivity contribution in [1.82, 2.24) is 0 Å². The fourth-order valence-electron chi connectivity index (χ4n) is 2.62. The fraction of sp³-hybridized carbons (Fsp3) is 0.800. The Morgan fingerprint density at radius 2 is 1.76 bits per heavy atom. The van der Waals surface area contributed by atoms with Crippen LogP contribution in [0.4, 0.5) is 8.78 Å². The summed E-state index contributed by atoms with van der Waals surface area (Å²) in [6.45, 7) is -1.88. The second-order valence-electron chi connectivity index (χ2n) is 4.90. The summed E-state index contributed by atoms with van der Waals surface area (Å²) in [5.41, 5.74) is 0. The average Bonchev–Trinajstić information content (AvgIpc) is 2.94. The number of halogens is 2. The minimum absolute atomic E-state index is 0.392. The van der Waals surface area contributed by atoms with E-state index in [4.69, 9.17) is 14.4 Å². The van der Waals surface area contributed by atoms with E-state index in [2.05, 4.69) is 4.74 Å². The van der Waals surface area contributed by atoms with Gasteiger partial charge in [-0.25, -0.2) is 0 Å². The molecule has 2 aliphatic rings. The number of aliphatic carboxylic acids is 1. The largest absolute Gasteiger partial charge is 0.481 e. The zero-order valence-electron chi connectivity index (χ0n) is 10.4. The number of carboxylic acids is 1. The van der Waals surface area contributed by atoms with Crippen LogP contribution < -0.4 is 0 Å². The molecule has 0 amide bonds. The molecule has 0 aliphatic carbocycles. The number of carbonyl (C=O) groups is 2. The second kappa shape index (κ2) is 5.14. The monoisotopic (exact) mass is 330 g/mol. The van der Waals surface area contributed by atoms with E-state index in [0.29, 0.717) is 12.8 Å². The Bertz CT molecular complexity index is 559. The maximum atomic E-state index is 13.0. The summed E-state index contributed by atoms with van der Waals surface area (Å²) in [5.74, 6) is -5.07. The van der Waals surface area contributed by atoms with E-state index in [-0.39, 0.29) is 0 Å². The van der Waals surface area contributed by atoms with Gasteiger partial charge in [0.15, 0.2) is 6.61 Å². The summed E-state index contributed by atoms with van der Waals surface area (Å²) in [5, 5.41) is 4.39. The Balaban J connectivity index is 2.05. The summed E-state index contributed by atoms with van der Waals surface area (Å²) in [6, 6.07) is 0. The smallest absolute Gasteiger partial charge is 0.402 e. The number of rotatable bonds is 5. The third-order valence-corrected chi connectivity index (χ3v) is 4.46. The Morgan fingerprint density at radius 1 is 1.24 bits per heavy atom. The van der Waals surface area contributed by atoms with Crippen LogP contribution in [0.25, 0.3) is 0 Å². The Morgan fingerprint density at radius 3 is 2.24 bits per heavy atom. The summed E-state index contributed by atoms with van der Waals surface area (Å²) >= 11 is 0. The Kier molecular flexibility index (Phi) is 3.93. The van der Waals surface area contributed by atoms with Crippen molar-refractivity contribution < 1.29 is 45.9 Å². The summed E-state index contributed by atoms with van der Waals surface area (Å²) in [7, 11) is -5.72. The van der Waals surface area contributed by atoms with Crippen LogP contribution in [0.2, 0.25) is 0 Å². The maximum Gasteiger partial charge on any atom is 0.402 e. The highest BCUT2D eigenvalue weighted by atomic mass is 32.2. The van der Waals surface area contributed by atoms with Gasteiger partial charge in [0.25, 0.3) is 0 Å². The van der Waals surface area contributed by atoms with Crippen LogP contribution in [0.15, 0.2) is 0 Å². The highest BCUT2D eigenvalue weighted by Crippen LogP contribution is 2.44. The molecule has 2 saturated heterocycles. The molecule has 11 heteroatoms. The van der Waals surface area contributed by atoms with Gasteiger partial charge < -0.3 is 14.6 Å². The molecule has 0 saturated carbocycles. The minimum atomic E-state index is -5.72. The molecule has 8 nitrogen and oxygen atoms in total. The molecule has 2 aliphatic heterocycles. The minimum Gasteiger partial charge on any atom is -0.481 e. The molecule has 2 fully saturated rings. The van der Waals surface area contributed by atoms with E-state index >= 15 is 0 Å².